The first kappa shape index (κ1) is 23.6. The molecular formula is C23H32N2O5. The molecule has 1 aliphatic rings. The van der Waals surface area contributed by atoms with Crippen LogP contribution in [0.4, 0.5) is 0 Å². The van der Waals surface area contributed by atoms with Crippen LogP contribution in [0.5, 0.6) is 0 Å². The quantitative estimate of drug-likeness (QED) is 0.542. The minimum Gasteiger partial charge on any atom is -0.459 e. The number of benzene rings is 1. The minimum atomic E-state index is -0.716. The monoisotopic (exact) mass is 416 g/mol. The molecule has 7 heteroatoms. The summed E-state index contributed by atoms with van der Waals surface area (Å²) in [5, 5.41) is 0. The molecule has 0 radical (unpaired) electrons. The molecular weight excluding hydrogens is 384 g/mol. The molecule has 7 nitrogen and oxygen atoms in total. The van der Waals surface area contributed by atoms with E-state index in [0.29, 0.717) is 13.0 Å². The van der Waals surface area contributed by atoms with Gasteiger partial charge < -0.3 is 20.1 Å². The van der Waals surface area contributed by atoms with Crippen LogP contribution < -0.4 is 5.73 Å². The predicted molar refractivity (Wildman–Crippen MR) is 113 cm³/mol. The lowest BCUT2D eigenvalue weighted by Gasteiger charge is -2.27. The minimum absolute atomic E-state index is 0.101. The largest absolute Gasteiger partial charge is 0.459 e. The van der Waals surface area contributed by atoms with E-state index in [9.17, 15) is 14.4 Å². The highest BCUT2D eigenvalue weighted by Crippen LogP contribution is 2.24. The van der Waals surface area contributed by atoms with E-state index in [1.165, 1.54) is 4.90 Å². The van der Waals surface area contributed by atoms with Crippen molar-refractivity contribution in [3.8, 4) is 0 Å². The van der Waals surface area contributed by atoms with Crippen molar-refractivity contribution in [1.29, 1.82) is 0 Å². The third kappa shape index (κ3) is 6.69. The van der Waals surface area contributed by atoms with E-state index < -0.39 is 29.5 Å². The molecule has 30 heavy (non-hydrogen) atoms. The second kappa shape index (κ2) is 10.4. The molecule has 2 atom stereocenters. The average Bonchev–Trinajstić information content (AvgIpc) is 2.87. The number of esters is 2. The molecule has 1 aliphatic heterocycles. The van der Waals surface area contributed by atoms with E-state index in [0.717, 1.165) is 11.1 Å². The van der Waals surface area contributed by atoms with Gasteiger partial charge in [0.1, 0.15) is 18.2 Å². The van der Waals surface area contributed by atoms with Crippen LogP contribution in [0.3, 0.4) is 0 Å². The number of rotatable bonds is 7. The van der Waals surface area contributed by atoms with Crippen LogP contribution in [0.25, 0.3) is 0 Å². The van der Waals surface area contributed by atoms with Gasteiger partial charge in [0.2, 0.25) is 5.91 Å². The summed E-state index contributed by atoms with van der Waals surface area (Å²) in [6.07, 6.45) is 2.29. The van der Waals surface area contributed by atoms with Crippen LogP contribution >= 0.6 is 0 Å². The highest BCUT2D eigenvalue weighted by Gasteiger charge is 2.32. The van der Waals surface area contributed by atoms with Gasteiger partial charge in [-0.05, 0) is 39.7 Å². The molecule has 2 N–H and O–H groups in total. The summed E-state index contributed by atoms with van der Waals surface area (Å²) in [6.45, 7) is 7.62. The maximum atomic E-state index is 12.6. The molecule has 2 rings (SSSR count). The number of amides is 1. The van der Waals surface area contributed by atoms with Crippen molar-refractivity contribution in [3.05, 3.63) is 47.5 Å². The van der Waals surface area contributed by atoms with Crippen LogP contribution in [0.2, 0.25) is 0 Å². The summed E-state index contributed by atoms with van der Waals surface area (Å²) in [4.78, 5) is 39.1. The number of ether oxygens (including phenoxy) is 2. The van der Waals surface area contributed by atoms with E-state index in [4.69, 9.17) is 15.2 Å². The summed E-state index contributed by atoms with van der Waals surface area (Å²) in [5.41, 5.74) is 6.87. The smallest absolute Gasteiger partial charge is 0.328 e. The van der Waals surface area contributed by atoms with Crippen molar-refractivity contribution < 1.29 is 23.9 Å². The lowest BCUT2D eigenvalue weighted by Crippen LogP contribution is -2.44. The molecule has 1 heterocycles. The molecule has 1 aromatic rings. The van der Waals surface area contributed by atoms with Gasteiger partial charge in [-0.15, -0.1) is 0 Å². The topological polar surface area (TPSA) is 98.9 Å². The molecule has 0 saturated carbocycles. The number of hydrogen-bond acceptors (Lipinski definition) is 6. The van der Waals surface area contributed by atoms with Gasteiger partial charge in [-0.1, -0.05) is 42.0 Å². The van der Waals surface area contributed by atoms with E-state index in [1.807, 2.05) is 30.3 Å². The SMILES string of the molecule is CC(C(=O)OCc1ccccc1)N1CCC(C(CN)C(=O)OC(C)(C)C)=CCC1=O. The van der Waals surface area contributed by atoms with Crippen molar-refractivity contribution in [2.45, 2.75) is 58.8 Å². The van der Waals surface area contributed by atoms with E-state index in [-0.39, 0.29) is 25.5 Å². The Kier molecular flexibility index (Phi) is 8.17. The molecule has 1 amide bonds. The number of hydrogen-bond donors (Lipinski definition) is 1. The second-order valence-corrected chi connectivity index (χ2v) is 8.41. The normalized spacial score (nSPS) is 16.9. The fourth-order valence-electron chi connectivity index (χ4n) is 3.29. The molecule has 1 aromatic carbocycles. The van der Waals surface area contributed by atoms with E-state index >= 15 is 0 Å². The molecule has 0 aromatic heterocycles. The number of nitrogens with two attached hydrogens (primary N) is 1. The van der Waals surface area contributed by atoms with Crippen LogP contribution in [0.15, 0.2) is 42.0 Å². The lowest BCUT2D eigenvalue weighted by atomic mass is 9.95. The zero-order valence-corrected chi connectivity index (χ0v) is 18.2. The fraction of sp³-hybridized carbons (Fsp3) is 0.522. The molecule has 0 saturated heterocycles. The van der Waals surface area contributed by atoms with Gasteiger partial charge in [-0.2, -0.15) is 0 Å². The van der Waals surface area contributed by atoms with Crippen LogP contribution in [0, 0.1) is 5.92 Å². The van der Waals surface area contributed by atoms with Gasteiger partial charge in [0.15, 0.2) is 0 Å². The van der Waals surface area contributed by atoms with Crippen molar-refractivity contribution in [2.24, 2.45) is 11.7 Å². The summed E-state index contributed by atoms with van der Waals surface area (Å²) >= 11 is 0. The van der Waals surface area contributed by atoms with Gasteiger partial charge in [-0.25, -0.2) is 4.79 Å². The van der Waals surface area contributed by atoms with Crippen LogP contribution in [-0.4, -0.2) is 47.5 Å². The Morgan fingerprint density at radius 3 is 2.43 bits per heavy atom. The standard InChI is InChI=1S/C23H32N2O5/c1-16(21(27)29-15-17-8-6-5-7-9-17)25-13-12-18(10-11-20(25)26)19(14-24)22(28)30-23(2,3)4/h5-10,16,19H,11-15,24H2,1-4H3. The van der Waals surface area contributed by atoms with Gasteiger partial charge in [-0.3, -0.25) is 9.59 Å². The van der Waals surface area contributed by atoms with Gasteiger partial charge >= 0.3 is 11.9 Å². The molecule has 0 bridgehead atoms. The van der Waals surface area contributed by atoms with Gasteiger partial charge in [0.25, 0.3) is 0 Å². The Labute approximate surface area is 178 Å². The summed E-state index contributed by atoms with van der Waals surface area (Å²) < 4.78 is 10.8. The average molecular weight is 417 g/mol. The van der Waals surface area contributed by atoms with Crippen molar-refractivity contribution in [1.82, 2.24) is 4.90 Å². The number of nitrogens with zero attached hydrogens (tertiary/aromatic N) is 1. The molecule has 0 spiro atoms. The van der Waals surface area contributed by atoms with Crippen molar-refractivity contribution >= 4 is 17.8 Å². The number of carbonyl (C=O) groups excluding carboxylic acids is 3. The van der Waals surface area contributed by atoms with E-state index in [2.05, 4.69) is 0 Å². The molecule has 164 valence electrons. The summed E-state index contributed by atoms with van der Waals surface area (Å²) in [5.74, 6) is -1.64. The Morgan fingerprint density at radius 1 is 1.17 bits per heavy atom. The van der Waals surface area contributed by atoms with Crippen molar-refractivity contribution in [2.75, 3.05) is 13.1 Å². The second-order valence-electron chi connectivity index (χ2n) is 8.41. The fourth-order valence-corrected chi connectivity index (χ4v) is 3.29. The maximum absolute atomic E-state index is 12.6. The van der Waals surface area contributed by atoms with E-state index in [1.54, 1.807) is 33.8 Å². The van der Waals surface area contributed by atoms with Crippen molar-refractivity contribution in [3.63, 3.8) is 0 Å². The molecule has 0 aliphatic carbocycles. The zero-order chi connectivity index (χ0) is 22.3. The predicted octanol–water partition coefficient (Wildman–Crippen LogP) is 2.58. The summed E-state index contributed by atoms with van der Waals surface area (Å²) in [7, 11) is 0. The number of carbonyl (C=O) groups is 3. The van der Waals surface area contributed by atoms with Gasteiger partial charge in [0, 0.05) is 19.5 Å². The zero-order valence-electron chi connectivity index (χ0n) is 18.2. The molecule has 0 fully saturated rings. The third-order valence-corrected chi connectivity index (χ3v) is 4.91. The van der Waals surface area contributed by atoms with Crippen LogP contribution in [-0.2, 0) is 30.5 Å². The Hall–Kier alpha value is -2.67. The lowest BCUT2D eigenvalue weighted by molar-refractivity contribution is -0.158. The highest BCUT2D eigenvalue weighted by atomic mass is 16.6. The Balaban J connectivity index is 1.99. The first-order chi connectivity index (χ1) is 14.1. The first-order valence-corrected chi connectivity index (χ1v) is 10.2. The van der Waals surface area contributed by atoms with Crippen LogP contribution in [0.1, 0.15) is 46.1 Å². The first-order valence-electron chi connectivity index (χ1n) is 10.2. The highest BCUT2D eigenvalue weighted by molar-refractivity contribution is 5.86. The molecule has 2 unspecified atom stereocenters. The van der Waals surface area contributed by atoms with Gasteiger partial charge in [0.05, 0.1) is 5.92 Å². The third-order valence-electron chi connectivity index (χ3n) is 4.91. The Morgan fingerprint density at radius 2 is 1.83 bits per heavy atom. The summed E-state index contributed by atoms with van der Waals surface area (Å²) in [6, 6.07) is 8.66. The Bertz CT molecular complexity index is 783. The maximum Gasteiger partial charge on any atom is 0.328 e.